The monoisotopic (exact) mass is 348 g/mol. The molecule has 0 bridgehead atoms. The molecule has 0 radical (unpaired) electrons. The highest BCUT2D eigenvalue weighted by Crippen LogP contribution is 2.22. The summed E-state index contributed by atoms with van der Waals surface area (Å²) in [5.41, 5.74) is 2.40. The van der Waals surface area contributed by atoms with Gasteiger partial charge in [-0.05, 0) is 48.4 Å². The van der Waals surface area contributed by atoms with Gasteiger partial charge in [0.25, 0.3) is 0 Å². The van der Waals surface area contributed by atoms with Crippen molar-refractivity contribution < 1.29 is 12.8 Å². The number of nitrogens with zero attached hydrogens (tertiary/aromatic N) is 2. The van der Waals surface area contributed by atoms with Gasteiger partial charge in [0.1, 0.15) is 5.82 Å². The summed E-state index contributed by atoms with van der Waals surface area (Å²) in [4.78, 5) is 2.33. The molecule has 4 nitrogen and oxygen atoms in total. The first-order chi connectivity index (χ1) is 11.5. The lowest BCUT2D eigenvalue weighted by Gasteiger charge is -2.35. The van der Waals surface area contributed by atoms with Crippen LogP contribution in [0.2, 0.25) is 0 Å². The summed E-state index contributed by atoms with van der Waals surface area (Å²) in [7, 11) is -3.56. The van der Waals surface area contributed by atoms with E-state index < -0.39 is 15.8 Å². The Balaban J connectivity index is 1.68. The van der Waals surface area contributed by atoms with E-state index in [2.05, 4.69) is 36.1 Å². The number of halogens is 1. The fourth-order valence-corrected chi connectivity index (χ4v) is 4.31. The van der Waals surface area contributed by atoms with Gasteiger partial charge in [-0.3, -0.25) is 0 Å². The Hall–Kier alpha value is -1.92. The van der Waals surface area contributed by atoms with E-state index in [0.717, 1.165) is 12.1 Å². The highest BCUT2D eigenvalue weighted by Gasteiger charge is 2.28. The molecule has 0 amide bonds. The van der Waals surface area contributed by atoms with Crippen molar-refractivity contribution in [2.75, 3.05) is 31.1 Å². The van der Waals surface area contributed by atoms with Gasteiger partial charge >= 0.3 is 0 Å². The first-order valence-electron chi connectivity index (χ1n) is 8.10. The molecule has 0 spiro atoms. The summed E-state index contributed by atoms with van der Waals surface area (Å²) in [5.74, 6) is -0.436. The van der Waals surface area contributed by atoms with Crippen molar-refractivity contribution in [1.82, 2.24) is 4.31 Å². The first kappa shape index (κ1) is 16.9. The molecule has 2 aromatic rings. The number of hydrogen-bond donors (Lipinski definition) is 0. The van der Waals surface area contributed by atoms with Crippen LogP contribution in [0.25, 0.3) is 0 Å². The zero-order chi connectivity index (χ0) is 17.2. The van der Waals surface area contributed by atoms with Crippen molar-refractivity contribution in [3.05, 3.63) is 59.9 Å². The molecule has 1 aliphatic rings. The Bertz CT molecular complexity index is 781. The van der Waals surface area contributed by atoms with E-state index in [1.54, 1.807) is 0 Å². The third-order valence-corrected chi connectivity index (χ3v) is 6.31. The van der Waals surface area contributed by atoms with Gasteiger partial charge in [0.15, 0.2) is 0 Å². The molecule has 3 rings (SSSR count). The van der Waals surface area contributed by atoms with Crippen LogP contribution in [-0.2, 0) is 16.4 Å². The van der Waals surface area contributed by atoms with Gasteiger partial charge in [-0.25, -0.2) is 12.8 Å². The molecule has 0 N–H and O–H groups in total. The minimum absolute atomic E-state index is 0.143. The molecule has 24 heavy (non-hydrogen) atoms. The zero-order valence-electron chi connectivity index (χ0n) is 13.7. The predicted molar refractivity (Wildman–Crippen MR) is 93.2 cm³/mol. The molecule has 0 saturated carbocycles. The highest BCUT2D eigenvalue weighted by atomic mass is 32.2. The second-order valence-corrected chi connectivity index (χ2v) is 7.80. The second-order valence-electron chi connectivity index (χ2n) is 5.87. The lowest BCUT2D eigenvalue weighted by molar-refractivity contribution is 0.385. The molecule has 0 aliphatic carbocycles. The summed E-state index contributed by atoms with van der Waals surface area (Å²) < 4.78 is 39.7. The normalized spacial score (nSPS) is 16.3. The third-order valence-electron chi connectivity index (χ3n) is 4.40. The van der Waals surface area contributed by atoms with Crippen LogP contribution in [0.1, 0.15) is 12.5 Å². The molecule has 0 atom stereocenters. The molecule has 0 unspecified atom stereocenters. The summed E-state index contributed by atoms with van der Waals surface area (Å²) in [6, 6.07) is 13.4. The Morgan fingerprint density at radius 2 is 1.50 bits per heavy atom. The van der Waals surface area contributed by atoms with Crippen LogP contribution in [0.15, 0.2) is 53.4 Å². The quantitative estimate of drug-likeness (QED) is 0.853. The van der Waals surface area contributed by atoms with E-state index in [1.165, 1.54) is 34.1 Å². The van der Waals surface area contributed by atoms with Gasteiger partial charge < -0.3 is 4.90 Å². The van der Waals surface area contributed by atoms with Gasteiger partial charge in [-0.1, -0.05) is 19.1 Å². The molecule has 1 aliphatic heterocycles. The predicted octanol–water partition coefficient (Wildman–Crippen LogP) is 2.90. The zero-order valence-corrected chi connectivity index (χ0v) is 14.5. The fourth-order valence-electron chi connectivity index (χ4n) is 2.88. The van der Waals surface area contributed by atoms with Crippen LogP contribution >= 0.6 is 0 Å². The fraction of sp³-hybridized carbons (Fsp3) is 0.333. The molecule has 1 heterocycles. The average Bonchev–Trinajstić information content (AvgIpc) is 2.62. The van der Waals surface area contributed by atoms with E-state index in [9.17, 15) is 12.8 Å². The number of aryl methyl sites for hydroxylation is 1. The number of rotatable bonds is 4. The first-order valence-corrected chi connectivity index (χ1v) is 9.54. The number of benzene rings is 2. The van der Waals surface area contributed by atoms with Gasteiger partial charge in [0, 0.05) is 31.9 Å². The molecule has 0 aromatic heterocycles. The molecule has 128 valence electrons. The molecule has 1 fully saturated rings. The van der Waals surface area contributed by atoms with Gasteiger partial charge in [0.2, 0.25) is 10.0 Å². The maximum atomic E-state index is 13.0. The maximum Gasteiger partial charge on any atom is 0.243 e. The van der Waals surface area contributed by atoms with Crippen molar-refractivity contribution in [3.8, 4) is 0 Å². The van der Waals surface area contributed by atoms with Crippen LogP contribution in [0.5, 0.6) is 0 Å². The highest BCUT2D eigenvalue weighted by molar-refractivity contribution is 7.89. The average molecular weight is 348 g/mol. The largest absolute Gasteiger partial charge is 0.369 e. The van der Waals surface area contributed by atoms with Crippen LogP contribution in [-0.4, -0.2) is 38.9 Å². The summed E-state index contributed by atoms with van der Waals surface area (Å²) in [6.45, 7) is 4.26. The molecular weight excluding hydrogens is 327 g/mol. The van der Waals surface area contributed by atoms with Crippen molar-refractivity contribution in [1.29, 1.82) is 0 Å². The van der Waals surface area contributed by atoms with Crippen molar-refractivity contribution in [3.63, 3.8) is 0 Å². The minimum atomic E-state index is -3.56. The van der Waals surface area contributed by atoms with E-state index in [1.807, 2.05) is 0 Å². The molecule has 6 heteroatoms. The Labute approximate surface area is 142 Å². The van der Waals surface area contributed by atoms with Crippen LogP contribution < -0.4 is 4.90 Å². The van der Waals surface area contributed by atoms with Crippen LogP contribution in [0.4, 0.5) is 10.1 Å². The second kappa shape index (κ2) is 6.91. The Morgan fingerprint density at radius 1 is 0.917 bits per heavy atom. The number of hydrogen-bond acceptors (Lipinski definition) is 3. The van der Waals surface area contributed by atoms with E-state index >= 15 is 0 Å². The summed E-state index contributed by atoms with van der Waals surface area (Å²) in [5, 5.41) is 0. The van der Waals surface area contributed by atoms with E-state index in [0.29, 0.717) is 26.2 Å². The number of piperazine rings is 1. The minimum Gasteiger partial charge on any atom is -0.369 e. The van der Waals surface area contributed by atoms with E-state index in [4.69, 9.17) is 0 Å². The van der Waals surface area contributed by atoms with Crippen molar-refractivity contribution >= 4 is 15.7 Å². The van der Waals surface area contributed by atoms with Gasteiger partial charge in [0.05, 0.1) is 4.90 Å². The van der Waals surface area contributed by atoms with Gasteiger partial charge in [-0.15, -0.1) is 0 Å². The molecule has 1 saturated heterocycles. The van der Waals surface area contributed by atoms with Gasteiger partial charge in [-0.2, -0.15) is 4.31 Å². The standard InChI is InChI=1S/C18H21FN2O2S/c1-2-15-3-7-17(8-4-15)20-11-13-21(14-12-20)24(22,23)18-9-5-16(19)6-10-18/h3-10H,2,11-14H2,1H3. The third kappa shape index (κ3) is 3.44. The Kier molecular flexibility index (Phi) is 4.87. The van der Waals surface area contributed by atoms with E-state index in [-0.39, 0.29) is 4.90 Å². The number of anilines is 1. The number of sulfonamides is 1. The lowest BCUT2D eigenvalue weighted by Crippen LogP contribution is -2.48. The van der Waals surface area contributed by atoms with Crippen molar-refractivity contribution in [2.24, 2.45) is 0 Å². The smallest absolute Gasteiger partial charge is 0.243 e. The maximum absolute atomic E-state index is 13.0. The topological polar surface area (TPSA) is 40.6 Å². The van der Waals surface area contributed by atoms with Crippen molar-refractivity contribution in [2.45, 2.75) is 18.2 Å². The van der Waals surface area contributed by atoms with Crippen LogP contribution in [0.3, 0.4) is 0 Å². The lowest BCUT2D eigenvalue weighted by atomic mass is 10.1. The summed E-state index contributed by atoms with van der Waals surface area (Å²) >= 11 is 0. The molecular formula is C18H21FN2O2S. The van der Waals surface area contributed by atoms with Crippen LogP contribution in [0, 0.1) is 5.82 Å². The Morgan fingerprint density at radius 3 is 2.04 bits per heavy atom. The SMILES string of the molecule is CCc1ccc(N2CCN(S(=O)(=O)c3ccc(F)cc3)CC2)cc1. The summed E-state index contributed by atoms with van der Waals surface area (Å²) in [6.07, 6.45) is 1.00. The molecule has 2 aromatic carbocycles.